The number of amides is 2. The van der Waals surface area contributed by atoms with Crippen LogP contribution in [0.4, 0.5) is 5.69 Å². The molecule has 1 saturated heterocycles. The van der Waals surface area contributed by atoms with Gasteiger partial charge in [0.05, 0.1) is 13.2 Å². The van der Waals surface area contributed by atoms with E-state index in [4.69, 9.17) is 4.74 Å². The Morgan fingerprint density at radius 3 is 2.67 bits per heavy atom. The average Bonchev–Trinajstić information content (AvgIpc) is 2.57. The van der Waals surface area contributed by atoms with Crippen LogP contribution in [-0.2, 0) is 19.1 Å². The highest BCUT2D eigenvalue weighted by Gasteiger charge is 2.20. The van der Waals surface area contributed by atoms with E-state index in [0.717, 1.165) is 18.4 Å². The summed E-state index contributed by atoms with van der Waals surface area (Å²) in [6.07, 6.45) is 5.38. The number of carbonyl (C=O) groups is 3. The van der Waals surface area contributed by atoms with E-state index in [0.29, 0.717) is 25.3 Å². The number of piperidine rings is 1. The van der Waals surface area contributed by atoms with Crippen LogP contribution in [-0.4, -0.2) is 42.4 Å². The zero-order valence-corrected chi connectivity index (χ0v) is 13.8. The largest absolute Gasteiger partial charge is 0.463 e. The lowest BCUT2D eigenvalue weighted by Gasteiger charge is -2.25. The third-order valence-electron chi connectivity index (χ3n) is 3.65. The van der Waals surface area contributed by atoms with Crippen LogP contribution in [0.3, 0.4) is 0 Å². The molecule has 6 heteroatoms. The first-order valence-electron chi connectivity index (χ1n) is 8.11. The van der Waals surface area contributed by atoms with Crippen molar-refractivity contribution < 1.29 is 19.1 Å². The molecule has 0 aliphatic carbocycles. The van der Waals surface area contributed by atoms with Gasteiger partial charge in [-0.1, -0.05) is 12.1 Å². The Bertz CT molecular complexity index is 622. The van der Waals surface area contributed by atoms with Gasteiger partial charge in [0.15, 0.2) is 0 Å². The SMILES string of the molecule is CCOC(=O)/C=C/c1ccc(NC(=O)CN2CCCCC2=O)cc1. The van der Waals surface area contributed by atoms with E-state index in [1.54, 1.807) is 42.2 Å². The van der Waals surface area contributed by atoms with E-state index in [1.165, 1.54) is 6.08 Å². The number of hydrogen-bond donors (Lipinski definition) is 1. The number of ether oxygens (including phenoxy) is 1. The minimum atomic E-state index is -0.388. The maximum atomic E-state index is 12.0. The third kappa shape index (κ3) is 5.53. The van der Waals surface area contributed by atoms with E-state index < -0.39 is 0 Å². The van der Waals surface area contributed by atoms with Crippen LogP contribution in [0, 0.1) is 0 Å². The maximum Gasteiger partial charge on any atom is 0.330 e. The fourth-order valence-electron chi connectivity index (χ4n) is 2.44. The van der Waals surface area contributed by atoms with Gasteiger partial charge in [-0.25, -0.2) is 4.79 Å². The highest BCUT2D eigenvalue weighted by Crippen LogP contribution is 2.13. The molecule has 1 aromatic carbocycles. The normalized spacial score (nSPS) is 14.7. The molecule has 1 heterocycles. The van der Waals surface area contributed by atoms with Gasteiger partial charge >= 0.3 is 5.97 Å². The van der Waals surface area contributed by atoms with Crippen LogP contribution in [0.2, 0.25) is 0 Å². The molecule has 1 aromatic rings. The molecule has 0 saturated carbocycles. The Labute approximate surface area is 141 Å². The second-order valence-corrected chi connectivity index (χ2v) is 5.53. The van der Waals surface area contributed by atoms with Gasteiger partial charge in [-0.05, 0) is 43.5 Å². The van der Waals surface area contributed by atoms with Crippen molar-refractivity contribution in [2.75, 3.05) is 25.0 Å². The molecule has 1 aliphatic heterocycles. The molecule has 1 fully saturated rings. The number of benzene rings is 1. The van der Waals surface area contributed by atoms with Gasteiger partial charge in [0, 0.05) is 24.7 Å². The molecule has 0 aromatic heterocycles. The van der Waals surface area contributed by atoms with Crippen molar-refractivity contribution in [2.24, 2.45) is 0 Å². The molecule has 0 radical (unpaired) electrons. The Kier molecular flexibility index (Phi) is 6.54. The van der Waals surface area contributed by atoms with Crippen molar-refractivity contribution in [3.8, 4) is 0 Å². The standard InChI is InChI=1S/C18H22N2O4/c1-2-24-18(23)11-8-14-6-9-15(10-7-14)19-16(21)13-20-12-4-3-5-17(20)22/h6-11H,2-5,12-13H2,1H3,(H,19,21)/b11-8+. The first-order valence-corrected chi connectivity index (χ1v) is 8.11. The van der Waals surface area contributed by atoms with E-state index in [-0.39, 0.29) is 24.3 Å². The van der Waals surface area contributed by atoms with E-state index in [9.17, 15) is 14.4 Å². The molecule has 1 N–H and O–H groups in total. The van der Waals surface area contributed by atoms with Crippen molar-refractivity contribution in [3.05, 3.63) is 35.9 Å². The monoisotopic (exact) mass is 330 g/mol. The molecule has 0 unspecified atom stereocenters. The molecule has 0 bridgehead atoms. The number of rotatable bonds is 6. The lowest BCUT2D eigenvalue weighted by atomic mass is 10.1. The maximum absolute atomic E-state index is 12.0. The number of esters is 1. The van der Waals surface area contributed by atoms with Crippen molar-refractivity contribution in [3.63, 3.8) is 0 Å². The number of nitrogens with zero attached hydrogens (tertiary/aromatic N) is 1. The lowest BCUT2D eigenvalue weighted by Crippen LogP contribution is -2.40. The van der Waals surface area contributed by atoms with Crippen molar-refractivity contribution >= 4 is 29.5 Å². The summed E-state index contributed by atoms with van der Waals surface area (Å²) < 4.78 is 4.81. The number of nitrogens with one attached hydrogen (secondary N) is 1. The van der Waals surface area contributed by atoms with Crippen LogP contribution in [0.5, 0.6) is 0 Å². The Morgan fingerprint density at radius 2 is 2.00 bits per heavy atom. The van der Waals surface area contributed by atoms with Gasteiger partial charge in [0.2, 0.25) is 11.8 Å². The molecule has 2 amide bonds. The van der Waals surface area contributed by atoms with Gasteiger partial charge in [-0.3, -0.25) is 9.59 Å². The van der Waals surface area contributed by atoms with Gasteiger partial charge in [-0.15, -0.1) is 0 Å². The van der Waals surface area contributed by atoms with E-state index in [1.807, 2.05) is 0 Å². The summed E-state index contributed by atoms with van der Waals surface area (Å²) in [5.74, 6) is -0.558. The molecule has 0 atom stereocenters. The topological polar surface area (TPSA) is 75.7 Å². The van der Waals surface area contributed by atoms with Crippen molar-refractivity contribution in [2.45, 2.75) is 26.2 Å². The second kappa shape index (κ2) is 8.86. The highest BCUT2D eigenvalue weighted by molar-refractivity contribution is 5.94. The van der Waals surface area contributed by atoms with Crippen LogP contribution < -0.4 is 5.32 Å². The smallest absolute Gasteiger partial charge is 0.330 e. The lowest BCUT2D eigenvalue weighted by molar-refractivity contribution is -0.137. The number of anilines is 1. The average molecular weight is 330 g/mol. The molecule has 128 valence electrons. The van der Waals surface area contributed by atoms with Crippen molar-refractivity contribution in [1.82, 2.24) is 4.90 Å². The third-order valence-corrected chi connectivity index (χ3v) is 3.65. The summed E-state index contributed by atoms with van der Waals surface area (Å²) in [5, 5.41) is 2.77. The molecule has 0 spiro atoms. The summed E-state index contributed by atoms with van der Waals surface area (Å²) in [6.45, 7) is 2.82. The van der Waals surface area contributed by atoms with Gasteiger partial charge in [0.1, 0.15) is 0 Å². The number of likely N-dealkylation sites (tertiary alicyclic amines) is 1. The number of hydrogen-bond acceptors (Lipinski definition) is 4. The summed E-state index contributed by atoms with van der Waals surface area (Å²) in [6, 6.07) is 7.08. The minimum Gasteiger partial charge on any atom is -0.463 e. The predicted octanol–water partition coefficient (Wildman–Crippen LogP) is 2.21. The van der Waals surface area contributed by atoms with Gasteiger partial charge in [0.25, 0.3) is 0 Å². The van der Waals surface area contributed by atoms with Crippen molar-refractivity contribution in [1.29, 1.82) is 0 Å². The first kappa shape index (κ1) is 17.7. The van der Waals surface area contributed by atoms with Crippen LogP contribution >= 0.6 is 0 Å². The van der Waals surface area contributed by atoms with Crippen LogP contribution in [0.1, 0.15) is 31.7 Å². The van der Waals surface area contributed by atoms with E-state index >= 15 is 0 Å². The number of carbonyl (C=O) groups excluding carboxylic acids is 3. The summed E-state index contributed by atoms with van der Waals surface area (Å²) in [5.41, 5.74) is 1.48. The fourth-order valence-corrected chi connectivity index (χ4v) is 2.44. The Hall–Kier alpha value is -2.63. The second-order valence-electron chi connectivity index (χ2n) is 5.53. The zero-order chi connectivity index (χ0) is 17.4. The molecule has 6 nitrogen and oxygen atoms in total. The Balaban J connectivity index is 1.85. The molecule has 24 heavy (non-hydrogen) atoms. The highest BCUT2D eigenvalue weighted by atomic mass is 16.5. The zero-order valence-electron chi connectivity index (χ0n) is 13.8. The van der Waals surface area contributed by atoms with Crippen LogP contribution in [0.25, 0.3) is 6.08 Å². The van der Waals surface area contributed by atoms with Gasteiger partial charge in [-0.2, -0.15) is 0 Å². The van der Waals surface area contributed by atoms with Crippen LogP contribution in [0.15, 0.2) is 30.3 Å². The van der Waals surface area contributed by atoms with Gasteiger partial charge < -0.3 is 15.0 Å². The quantitative estimate of drug-likeness (QED) is 0.641. The molecule has 2 rings (SSSR count). The summed E-state index contributed by atoms with van der Waals surface area (Å²) in [4.78, 5) is 36.6. The molecule has 1 aliphatic rings. The molecular formula is C18H22N2O4. The molecular weight excluding hydrogens is 308 g/mol. The Morgan fingerprint density at radius 1 is 1.25 bits per heavy atom. The minimum absolute atomic E-state index is 0.0378. The first-order chi connectivity index (χ1) is 11.6. The fraction of sp³-hybridized carbons (Fsp3) is 0.389. The summed E-state index contributed by atoms with van der Waals surface area (Å²) in [7, 11) is 0. The predicted molar refractivity (Wildman–Crippen MR) is 91.2 cm³/mol. The van der Waals surface area contributed by atoms with E-state index in [2.05, 4.69) is 5.32 Å². The summed E-state index contributed by atoms with van der Waals surface area (Å²) >= 11 is 0.